The average Bonchev–Trinajstić information content (AvgIpc) is 2.75. The van der Waals surface area contributed by atoms with Crippen LogP contribution in [0, 0.1) is 0 Å². The predicted octanol–water partition coefficient (Wildman–Crippen LogP) is 4.73. The molecule has 0 atom stereocenters. The lowest BCUT2D eigenvalue weighted by Crippen LogP contribution is -2.32. The number of halogens is 1. The van der Waals surface area contributed by atoms with Crippen molar-refractivity contribution in [2.45, 2.75) is 14.7 Å². The van der Waals surface area contributed by atoms with Gasteiger partial charge in [-0.3, -0.25) is 9.69 Å². The molecule has 158 valence electrons. The molecule has 0 saturated heterocycles. The number of anilines is 2. The topological polar surface area (TPSA) is 80.7 Å². The number of nitrogens with zero attached hydrogens (tertiary/aromatic N) is 1. The van der Waals surface area contributed by atoms with Crippen molar-refractivity contribution >= 4 is 56.5 Å². The molecule has 1 aliphatic heterocycles. The van der Waals surface area contributed by atoms with Crippen LogP contribution in [0.3, 0.4) is 0 Å². The first-order chi connectivity index (χ1) is 14.8. The number of benzene rings is 3. The van der Waals surface area contributed by atoms with Gasteiger partial charge >= 0.3 is 5.97 Å². The minimum Gasteiger partial charge on any atom is -0.452 e. The number of rotatable bonds is 4. The highest BCUT2D eigenvalue weighted by molar-refractivity contribution is 7.99. The summed E-state index contributed by atoms with van der Waals surface area (Å²) in [5, 5.41) is 0.468. The zero-order valence-corrected chi connectivity index (χ0v) is 18.6. The van der Waals surface area contributed by atoms with Crippen LogP contribution in [0.25, 0.3) is 0 Å². The molecule has 6 nitrogen and oxygen atoms in total. The molecule has 0 aliphatic carbocycles. The van der Waals surface area contributed by atoms with Gasteiger partial charge in [0, 0.05) is 21.1 Å². The van der Waals surface area contributed by atoms with Gasteiger partial charge in [-0.05, 0) is 42.5 Å². The molecule has 0 fully saturated rings. The maximum Gasteiger partial charge on any atom is 0.339 e. The zero-order chi connectivity index (χ0) is 22.2. The molecule has 0 bridgehead atoms. The molecule has 0 radical (unpaired) electrons. The van der Waals surface area contributed by atoms with E-state index in [9.17, 15) is 18.0 Å². The summed E-state index contributed by atoms with van der Waals surface area (Å²) in [5.74, 6) is -1.37. The van der Waals surface area contributed by atoms with Crippen molar-refractivity contribution in [3.8, 4) is 0 Å². The van der Waals surface area contributed by atoms with Gasteiger partial charge in [-0.2, -0.15) is 0 Å². The van der Waals surface area contributed by atoms with Crippen LogP contribution >= 0.6 is 23.4 Å². The summed E-state index contributed by atoms with van der Waals surface area (Å²) in [6.45, 7) is -0.568. The van der Waals surface area contributed by atoms with Crippen LogP contribution in [0.15, 0.2) is 81.4 Å². The fourth-order valence-electron chi connectivity index (χ4n) is 3.22. The Labute approximate surface area is 188 Å². The fraction of sp³-hybridized carbons (Fsp3) is 0.0909. The number of para-hydroxylation sites is 1. The molecular formula is C22H16ClNO5S2. The van der Waals surface area contributed by atoms with Gasteiger partial charge in [-0.25, -0.2) is 13.2 Å². The molecule has 4 rings (SSSR count). The number of carbonyl (C=O) groups is 2. The van der Waals surface area contributed by atoms with E-state index in [1.54, 1.807) is 18.2 Å². The summed E-state index contributed by atoms with van der Waals surface area (Å²) in [5.41, 5.74) is 1.13. The van der Waals surface area contributed by atoms with E-state index in [2.05, 4.69) is 0 Å². The van der Waals surface area contributed by atoms with Gasteiger partial charge in [0.1, 0.15) is 0 Å². The average molecular weight is 474 g/mol. The van der Waals surface area contributed by atoms with E-state index in [0.717, 1.165) is 16.0 Å². The number of hydrogen-bond acceptors (Lipinski definition) is 6. The Balaban J connectivity index is 1.62. The maximum atomic E-state index is 13.1. The van der Waals surface area contributed by atoms with Crippen molar-refractivity contribution in [3.63, 3.8) is 0 Å². The van der Waals surface area contributed by atoms with Crippen LogP contribution in [0.1, 0.15) is 10.4 Å². The Morgan fingerprint density at radius 2 is 1.65 bits per heavy atom. The monoisotopic (exact) mass is 473 g/mol. The SMILES string of the molecule is CS(=O)(=O)c1ccccc1C(=O)OCC(=O)N1c2ccccc2Sc2ccc(Cl)cc21. The van der Waals surface area contributed by atoms with Gasteiger partial charge < -0.3 is 4.74 Å². The molecule has 0 aromatic heterocycles. The highest BCUT2D eigenvalue weighted by Crippen LogP contribution is 2.48. The largest absolute Gasteiger partial charge is 0.452 e. The van der Waals surface area contributed by atoms with E-state index >= 15 is 0 Å². The van der Waals surface area contributed by atoms with E-state index in [1.165, 1.54) is 40.9 Å². The third-order valence-corrected chi connectivity index (χ3v) is 7.09. The lowest BCUT2D eigenvalue weighted by atomic mass is 10.2. The summed E-state index contributed by atoms with van der Waals surface area (Å²) in [7, 11) is -3.64. The van der Waals surface area contributed by atoms with Crippen molar-refractivity contribution < 1.29 is 22.7 Å². The van der Waals surface area contributed by atoms with Crippen LogP contribution < -0.4 is 4.90 Å². The van der Waals surface area contributed by atoms with Crippen molar-refractivity contribution in [1.29, 1.82) is 0 Å². The number of sulfone groups is 1. The van der Waals surface area contributed by atoms with Gasteiger partial charge in [0.15, 0.2) is 16.4 Å². The summed E-state index contributed by atoms with van der Waals surface area (Å²) in [6, 6.07) is 18.3. The summed E-state index contributed by atoms with van der Waals surface area (Å²) >= 11 is 7.66. The van der Waals surface area contributed by atoms with Crippen molar-refractivity contribution in [1.82, 2.24) is 0 Å². The van der Waals surface area contributed by atoms with E-state index in [1.807, 2.05) is 24.3 Å². The first-order valence-corrected chi connectivity index (χ1v) is 12.2. The summed E-state index contributed by atoms with van der Waals surface area (Å²) in [4.78, 5) is 28.7. The maximum absolute atomic E-state index is 13.1. The Kier molecular flexibility index (Phi) is 5.79. The van der Waals surface area contributed by atoms with Gasteiger partial charge in [-0.1, -0.05) is 47.6 Å². The van der Waals surface area contributed by atoms with Crippen molar-refractivity contribution in [3.05, 3.63) is 77.3 Å². The minimum absolute atomic E-state index is 0.115. The Bertz CT molecular complexity index is 1310. The van der Waals surface area contributed by atoms with E-state index in [0.29, 0.717) is 16.4 Å². The molecule has 1 heterocycles. The molecule has 0 unspecified atom stereocenters. The molecule has 1 amide bonds. The van der Waals surface area contributed by atoms with Crippen LogP contribution in [-0.4, -0.2) is 33.2 Å². The normalized spacial score (nSPS) is 12.6. The molecule has 0 saturated carbocycles. The molecular weight excluding hydrogens is 458 g/mol. The lowest BCUT2D eigenvalue weighted by molar-refractivity contribution is -0.121. The third kappa shape index (κ3) is 4.32. The number of ether oxygens (including phenoxy) is 1. The predicted molar refractivity (Wildman–Crippen MR) is 119 cm³/mol. The standard InChI is InChI=1S/C22H16ClNO5S2/c1-31(27,28)20-9-5-2-6-15(20)22(26)29-13-21(25)24-16-7-3-4-8-18(16)30-19-11-10-14(23)12-17(19)24/h2-12H,13H2,1H3. The number of hydrogen-bond donors (Lipinski definition) is 0. The van der Waals surface area contributed by atoms with Gasteiger partial charge in [0.2, 0.25) is 0 Å². The second-order valence-electron chi connectivity index (χ2n) is 6.76. The first-order valence-electron chi connectivity index (χ1n) is 9.11. The second-order valence-corrected chi connectivity index (χ2v) is 10.3. The lowest BCUT2D eigenvalue weighted by Gasteiger charge is -2.31. The highest BCUT2D eigenvalue weighted by Gasteiger charge is 2.29. The molecule has 3 aromatic rings. The Hall–Kier alpha value is -2.81. The van der Waals surface area contributed by atoms with Crippen molar-refractivity contribution in [2.24, 2.45) is 0 Å². The van der Waals surface area contributed by atoms with E-state index in [4.69, 9.17) is 16.3 Å². The number of carbonyl (C=O) groups excluding carboxylic acids is 2. The Morgan fingerprint density at radius 3 is 2.42 bits per heavy atom. The van der Waals surface area contributed by atoms with Crippen LogP contribution in [-0.2, 0) is 19.4 Å². The molecule has 3 aromatic carbocycles. The zero-order valence-electron chi connectivity index (χ0n) is 16.2. The minimum atomic E-state index is -3.64. The first kappa shape index (κ1) is 21.4. The number of amides is 1. The van der Waals surface area contributed by atoms with Crippen molar-refractivity contribution in [2.75, 3.05) is 17.8 Å². The smallest absolute Gasteiger partial charge is 0.339 e. The molecule has 31 heavy (non-hydrogen) atoms. The highest BCUT2D eigenvalue weighted by atomic mass is 35.5. The van der Waals surface area contributed by atoms with Crippen LogP contribution in [0.5, 0.6) is 0 Å². The summed E-state index contributed by atoms with van der Waals surface area (Å²) in [6.07, 6.45) is 1.01. The molecule has 0 N–H and O–H groups in total. The van der Waals surface area contributed by atoms with Crippen LogP contribution in [0.4, 0.5) is 11.4 Å². The van der Waals surface area contributed by atoms with Crippen LogP contribution in [0.2, 0.25) is 5.02 Å². The van der Waals surface area contributed by atoms with E-state index < -0.39 is 28.3 Å². The van der Waals surface area contributed by atoms with E-state index in [-0.39, 0.29) is 10.5 Å². The quantitative estimate of drug-likeness (QED) is 0.509. The Morgan fingerprint density at radius 1 is 0.968 bits per heavy atom. The van der Waals surface area contributed by atoms with Gasteiger partial charge in [0.05, 0.1) is 21.8 Å². The molecule has 1 aliphatic rings. The fourth-order valence-corrected chi connectivity index (χ4v) is 5.31. The summed E-state index contributed by atoms with van der Waals surface area (Å²) < 4.78 is 29.1. The number of fused-ring (bicyclic) bond motifs is 2. The second kappa shape index (κ2) is 8.37. The molecule has 0 spiro atoms. The third-order valence-electron chi connectivity index (χ3n) is 4.57. The van der Waals surface area contributed by atoms with Gasteiger partial charge in [0.25, 0.3) is 5.91 Å². The van der Waals surface area contributed by atoms with Gasteiger partial charge in [-0.15, -0.1) is 0 Å². The molecule has 9 heteroatoms. The number of esters is 1.